The van der Waals surface area contributed by atoms with Crippen LogP contribution < -0.4 is 10.1 Å². The summed E-state index contributed by atoms with van der Waals surface area (Å²) < 4.78 is 18.8. The lowest BCUT2D eigenvalue weighted by atomic mass is 9.98. The molecule has 0 aliphatic rings. The van der Waals surface area contributed by atoms with Crippen LogP contribution in [-0.2, 0) is 4.79 Å². The van der Waals surface area contributed by atoms with E-state index < -0.39 is 17.3 Å². The van der Waals surface area contributed by atoms with Gasteiger partial charge in [-0.3, -0.25) is 4.79 Å². The molecule has 5 heteroatoms. The van der Waals surface area contributed by atoms with E-state index in [0.717, 1.165) is 5.56 Å². The third-order valence-electron chi connectivity index (χ3n) is 2.99. The molecule has 0 aliphatic heterocycles. The van der Waals surface area contributed by atoms with E-state index in [1.807, 2.05) is 13.8 Å². The molecule has 1 aromatic carbocycles. The van der Waals surface area contributed by atoms with Crippen molar-refractivity contribution in [2.75, 3.05) is 13.2 Å². The molecular formula is C14H20FNO3. The highest BCUT2D eigenvalue weighted by Gasteiger charge is 2.31. The summed E-state index contributed by atoms with van der Waals surface area (Å²) in [6.45, 7) is 5.95. The van der Waals surface area contributed by atoms with Crippen LogP contribution in [0.4, 0.5) is 4.39 Å². The largest absolute Gasteiger partial charge is 0.490 e. The maximum Gasteiger partial charge on any atom is 0.323 e. The molecular weight excluding hydrogens is 249 g/mol. The van der Waals surface area contributed by atoms with Gasteiger partial charge in [-0.25, -0.2) is 4.39 Å². The van der Waals surface area contributed by atoms with E-state index in [9.17, 15) is 9.18 Å². The Morgan fingerprint density at radius 3 is 2.79 bits per heavy atom. The fourth-order valence-corrected chi connectivity index (χ4v) is 1.75. The van der Waals surface area contributed by atoms with Crippen molar-refractivity contribution >= 4 is 5.97 Å². The Morgan fingerprint density at radius 2 is 2.21 bits per heavy atom. The number of rotatable bonds is 7. The molecule has 1 aromatic rings. The molecule has 106 valence electrons. The van der Waals surface area contributed by atoms with Gasteiger partial charge in [0.25, 0.3) is 0 Å². The van der Waals surface area contributed by atoms with E-state index in [0.29, 0.717) is 6.54 Å². The van der Waals surface area contributed by atoms with Crippen molar-refractivity contribution in [1.82, 2.24) is 5.32 Å². The van der Waals surface area contributed by atoms with Crippen molar-refractivity contribution in [3.8, 4) is 5.75 Å². The monoisotopic (exact) mass is 269 g/mol. The number of carbonyl (C=O) groups is 1. The Bertz CT molecular complexity index is 450. The number of halogens is 1. The van der Waals surface area contributed by atoms with Gasteiger partial charge in [0, 0.05) is 6.42 Å². The number of aliphatic carboxylic acids is 1. The van der Waals surface area contributed by atoms with E-state index >= 15 is 0 Å². The van der Waals surface area contributed by atoms with Gasteiger partial charge < -0.3 is 15.2 Å². The second-order valence-corrected chi connectivity index (χ2v) is 4.70. The molecule has 0 fully saturated rings. The summed E-state index contributed by atoms with van der Waals surface area (Å²) in [5.74, 6) is -1.22. The van der Waals surface area contributed by atoms with E-state index in [1.165, 1.54) is 6.07 Å². The van der Waals surface area contributed by atoms with Gasteiger partial charge in [0.05, 0.1) is 6.61 Å². The third-order valence-corrected chi connectivity index (χ3v) is 2.99. The van der Waals surface area contributed by atoms with Crippen LogP contribution in [0, 0.1) is 12.7 Å². The lowest BCUT2D eigenvalue weighted by Crippen LogP contribution is -2.50. The summed E-state index contributed by atoms with van der Waals surface area (Å²) in [5, 5.41) is 12.1. The Kier molecular flexibility index (Phi) is 5.30. The topological polar surface area (TPSA) is 58.6 Å². The molecule has 0 bridgehead atoms. The smallest absolute Gasteiger partial charge is 0.323 e. The zero-order valence-corrected chi connectivity index (χ0v) is 11.5. The highest BCUT2D eigenvalue weighted by molar-refractivity contribution is 5.78. The molecule has 1 atom stereocenters. The van der Waals surface area contributed by atoms with Crippen LogP contribution in [0.2, 0.25) is 0 Å². The maximum absolute atomic E-state index is 13.4. The van der Waals surface area contributed by atoms with Gasteiger partial charge >= 0.3 is 5.97 Å². The molecule has 4 nitrogen and oxygen atoms in total. The zero-order chi connectivity index (χ0) is 14.5. The number of aryl methyl sites for hydroxylation is 1. The van der Waals surface area contributed by atoms with Gasteiger partial charge in [-0.1, -0.05) is 13.0 Å². The quantitative estimate of drug-likeness (QED) is 0.797. The minimum Gasteiger partial charge on any atom is -0.490 e. The van der Waals surface area contributed by atoms with Crippen LogP contribution in [0.5, 0.6) is 5.75 Å². The fourth-order valence-electron chi connectivity index (χ4n) is 1.75. The van der Waals surface area contributed by atoms with Gasteiger partial charge in [0.15, 0.2) is 11.6 Å². The van der Waals surface area contributed by atoms with E-state index in [-0.39, 0.29) is 18.8 Å². The second kappa shape index (κ2) is 6.52. The molecule has 0 aromatic heterocycles. The number of carboxylic acids is 1. The van der Waals surface area contributed by atoms with Gasteiger partial charge in [0.1, 0.15) is 5.54 Å². The number of ether oxygens (including phenoxy) is 1. The number of benzene rings is 1. The molecule has 0 spiro atoms. The third kappa shape index (κ3) is 4.21. The average molecular weight is 269 g/mol. The molecule has 0 amide bonds. The summed E-state index contributed by atoms with van der Waals surface area (Å²) in [4.78, 5) is 11.2. The van der Waals surface area contributed by atoms with Gasteiger partial charge in [-0.05, 0) is 38.1 Å². The molecule has 0 heterocycles. The highest BCUT2D eigenvalue weighted by Crippen LogP contribution is 2.19. The Balaban J connectivity index is 2.62. The molecule has 1 rings (SSSR count). The molecule has 0 saturated heterocycles. The SMILES string of the molecule is CCNC(C)(CCOc1cc(C)ccc1F)C(=O)O. The van der Waals surface area contributed by atoms with Crippen molar-refractivity contribution in [3.63, 3.8) is 0 Å². The standard InChI is InChI=1S/C14H20FNO3/c1-4-16-14(3,13(17)18)7-8-19-12-9-10(2)5-6-11(12)15/h5-6,9,16H,4,7-8H2,1-3H3,(H,17,18). The molecule has 2 N–H and O–H groups in total. The van der Waals surface area contributed by atoms with Crippen LogP contribution in [0.25, 0.3) is 0 Å². The minimum absolute atomic E-state index is 0.135. The van der Waals surface area contributed by atoms with Gasteiger partial charge in [-0.15, -0.1) is 0 Å². The molecule has 0 saturated carbocycles. The zero-order valence-electron chi connectivity index (χ0n) is 11.5. The van der Waals surface area contributed by atoms with Crippen molar-refractivity contribution in [2.45, 2.75) is 32.7 Å². The van der Waals surface area contributed by atoms with Crippen molar-refractivity contribution in [1.29, 1.82) is 0 Å². The summed E-state index contributed by atoms with van der Waals surface area (Å²) in [5.41, 5.74) is -0.168. The van der Waals surface area contributed by atoms with Crippen molar-refractivity contribution in [3.05, 3.63) is 29.6 Å². The Morgan fingerprint density at radius 1 is 1.53 bits per heavy atom. The lowest BCUT2D eigenvalue weighted by molar-refractivity contribution is -0.144. The van der Waals surface area contributed by atoms with Crippen molar-refractivity contribution < 1.29 is 19.0 Å². The van der Waals surface area contributed by atoms with Gasteiger partial charge in [-0.2, -0.15) is 0 Å². The Hall–Kier alpha value is -1.62. The first kappa shape index (κ1) is 15.4. The molecule has 0 radical (unpaired) electrons. The first-order valence-corrected chi connectivity index (χ1v) is 6.26. The van der Waals surface area contributed by atoms with Crippen LogP contribution >= 0.6 is 0 Å². The maximum atomic E-state index is 13.4. The predicted octanol–water partition coefficient (Wildman–Crippen LogP) is 2.36. The number of hydrogen-bond acceptors (Lipinski definition) is 3. The van der Waals surface area contributed by atoms with Crippen LogP contribution in [0.3, 0.4) is 0 Å². The normalized spacial score (nSPS) is 13.9. The summed E-state index contributed by atoms with van der Waals surface area (Å²) in [7, 11) is 0. The summed E-state index contributed by atoms with van der Waals surface area (Å²) in [6, 6.07) is 4.59. The van der Waals surface area contributed by atoms with Crippen LogP contribution in [0.15, 0.2) is 18.2 Å². The van der Waals surface area contributed by atoms with Gasteiger partial charge in [0.2, 0.25) is 0 Å². The Labute approximate surface area is 112 Å². The first-order valence-electron chi connectivity index (χ1n) is 6.26. The summed E-state index contributed by atoms with van der Waals surface area (Å²) in [6.07, 6.45) is 0.254. The number of nitrogens with one attached hydrogen (secondary N) is 1. The number of hydrogen-bond donors (Lipinski definition) is 2. The highest BCUT2D eigenvalue weighted by atomic mass is 19.1. The summed E-state index contributed by atoms with van der Waals surface area (Å²) >= 11 is 0. The van der Waals surface area contributed by atoms with Crippen LogP contribution in [-0.4, -0.2) is 29.8 Å². The van der Waals surface area contributed by atoms with E-state index in [1.54, 1.807) is 19.1 Å². The minimum atomic E-state index is -1.06. The molecule has 19 heavy (non-hydrogen) atoms. The number of likely N-dealkylation sites (N-methyl/N-ethyl adjacent to an activating group) is 1. The fraction of sp³-hybridized carbons (Fsp3) is 0.500. The molecule has 0 aliphatic carbocycles. The van der Waals surface area contributed by atoms with E-state index in [4.69, 9.17) is 9.84 Å². The second-order valence-electron chi connectivity index (χ2n) is 4.70. The predicted molar refractivity (Wildman–Crippen MR) is 71.0 cm³/mol. The number of carboxylic acid groups (broad SMARTS) is 1. The first-order chi connectivity index (χ1) is 8.89. The average Bonchev–Trinajstić information content (AvgIpc) is 2.33. The van der Waals surface area contributed by atoms with Crippen LogP contribution in [0.1, 0.15) is 25.8 Å². The molecule has 1 unspecified atom stereocenters. The lowest BCUT2D eigenvalue weighted by Gasteiger charge is -2.25. The van der Waals surface area contributed by atoms with Crippen molar-refractivity contribution in [2.24, 2.45) is 0 Å². The van der Waals surface area contributed by atoms with E-state index in [2.05, 4.69) is 5.32 Å².